The van der Waals surface area contributed by atoms with E-state index in [0.29, 0.717) is 17.5 Å². The van der Waals surface area contributed by atoms with Crippen molar-refractivity contribution in [3.05, 3.63) is 6.33 Å². The van der Waals surface area contributed by atoms with Crippen molar-refractivity contribution in [2.45, 2.75) is 55.4 Å². The monoisotopic (exact) mass is 726 g/mol. The van der Waals surface area contributed by atoms with E-state index in [0.717, 1.165) is 25.7 Å². The predicted octanol–water partition coefficient (Wildman–Crippen LogP) is -14.5. The maximum absolute atomic E-state index is 11.8. The van der Waals surface area contributed by atoms with Crippen LogP contribution in [0.5, 0.6) is 0 Å². The number of nitrogen functional groups attached to an aromatic ring is 1. The third-order valence-electron chi connectivity index (χ3n) is 5.17. The molecular formula is C16H25N6Na4O13P3S. The number of thioether (sulfide) groups is 1. The van der Waals surface area contributed by atoms with Crippen molar-refractivity contribution >= 4 is 52.2 Å². The number of rotatable bonds is 15. The van der Waals surface area contributed by atoms with Crippen LogP contribution in [0.1, 0.15) is 31.9 Å². The fourth-order valence-electron chi connectivity index (χ4n) is 3.48. The van der Waals surface area contributed by atoms with E-state index in [4.69, 9.17) is 16.2 Å². The van der Waals surface area contributed by atoms with Crippen LogP contribution in [0.15, 0.2) is 11.5 Å². The molecule has 6 N–H and O–H groups in total. The third-order valence-corrected chi connectivity index (χ3v) is 9.76. The number of anilines is 1. The Kier molecular flexibility index (Phi) is 23.7. The summed E-state index contributed by atoms with van der Waals surface area (Å²) in [7, 11) is -18.2. The number of aliphatic hydroxyl groups excluding tert-OH is 2. The number of nitrogens with two attached hydrogens (primary N) is 2. The smallest absolute Gasteiger partial charge is 0.790 e. The molecule has 0 radical (unpaired) electrons. The summed E-state index contributed by atoms with van der Waals surface area (Å²) in [4.78, 5) is 56.6. The first-order chi connectivity index (χ1) is 18.1. The maximum atomic E-state index is 11.8. The van der Waals surface area contributed by atoms with E-state index in [9.17, 15) is 43.5 Å². The number of phosphoric ester groups is 1. The zero-order valence-electron chi connectivity index (χ0n) is 23.9. The summed E-state index contributed by atoms with van der Waals surface area (Å²) in [5, 5.41) is 21.2. The van der Waals surface area contributed by atoms with Crippen LogP contribution in [-0.4, -0.2) is 66.9 Å². The Morgan fingerprint density at radius 1 is 0.953 bits per heavy atom. The molecule has 222 valence electrons. The summed E-state index contributed by atoms with van der Waals surface area (Å²) < 4.78 is 51.1. The fourth-order valence-corrected chi connectivity index (χ4v) is 7.19. The standard InChI is InChI=1S/C16H29N6O13P3S.4Na/c17-5-3-1-2-4-6-39-16-20-13(18)10-14(21-16)22(8-19-10)15-12(24)11(23)9(33-15)7-32-37(28,29)35-38(30,31)34-36(25,26)27;;;;/h8-9,11-12,15,23-24H,1-7,17H2,(H,28,29)(H,30,31)(H2,18,20,21)(H2,25,26,27);;;;/q;4*+1/p-4/t9-,11-,12-,15-;;;;/m1..../s1. The summed E-state index contributed by atoms with van der Waals surface area (Å²) in [6.07, 6.45) is -1.36. The van der Waals surface area contributed by atoms with Crippen molar-refractivity contribution in [2.24, 2.45) is 5.73 Å². The summed E-state index contributed by atoms with van der Waals surface area (Å²) in [5.74, 6) is 0.746. The number of aliphatic hydroxyl groups is 2. The summed E-state index contributed by atoms with van der Waals surface area (Å²) in [6.45, 7) is -0.461. The third kappa shape index (κ3) is 15.2. The molecule has 0 amide bonds. The minimum atomic E-state index is -6.17. The molecule has 1 fully saturated rings. The molecule has 2 aromatic rings. The number of unbranched alkanes of at least 4 members (excludes halogenated alkanes) is 3. The van der Waals surface area contributed by atoms with E-state index in [1.807, 2.05) is 0 Å². The second kappa shape index (κ2) is 21.2. The van der Waals surface area contributed by atoms with Crippen LogP contribution < -0.4 is 149 Å². The molecule has 3 heterocycles. The number of ether oxygens (including phenoxy) is 1. The molecule has 3 rings (SSSR count). The van der Waals surface area contributed by atoms with Crippen molar-refractivity contribution in [3.8, 4) is 0 Å². The summed E-state index contributed by atoms with van der Waals surface area (Å²) in [5.41, 5.74) is 11.8. The molecule has 1 saturated heterocycles. The van der Waals surface area contributed by atoms with Crippen LogP contribution >= 0.6 is 35.2 Å². The number of hydrogen-bond acceptors (Lipinski definition) is 19. The molecule has 1 aliphatic heterocycles. The largest absolute Gasteiger partial charge is 1.00 e. The first kappa shape index (κ1) is 48.1. The van der Waals surface area contributed by atoms with Crippen LogP contribution in [0.3, 0.4) is 0 Å². The van der Waals surface area contributed by atoms with Crippen LogP contribution in [-0.2, 0) is 31.6 Å². The Morgan fingerprint density at radius 3 is 2.19 bits per heavy atom. The summed E-state index contributed by atoms with van der Waals surface area (Å²) >= 11 is 1.34. The van der Waals surface area contributed by atoms with Gasteiger partial charge in [0, 0.05) is 5.75 Å². The SMILES string of the molecule is NCCCCCCSc1nc(N)c2ncn([C@@H]3O[C@H](COP(=O)([O-])OP(=O)([O-])OP(=O)([O-])[O-])[C@@H](O)[C@H]3O)c2n1.[Na+].[Na+].[Na+].[Na+]. The topological polar surface area (TPSA) is 316 Å². The summed E-state index contributed by atoms with van der Waals surface area (Å²) in [6, 6.07) is 0. The second-order valence-electron chi connectivity index (χ2n) is 8.11. The quantitative estimate of drug-likeness (QED) is 0.0435. The van der Waals surface area contributed by atoms with Crippen LogP contribution in [0.2, 0.25) is 0 Å². The zero-order chi connectivity index (χ0) is 29.0. The fraction of sp³-hybridized carbons (Fsp3) is 0.688. The Hall–Kier alpha value is 2.95. The number of nitrogens with zero attached hydrogens (tertiary/aromatic N) is 4. The number of hydrogen-bond donors (Lipinski definition) is 4. The number of phosphoric acid groups is 3. The van der Waals surface area contributed by atoms with Crippen LogP contribution in [0.4, 0.5) is 5.82 Å². The first-order valence-corrected chi connectivity index (χ1v) is 16.5. The molecule has 0 aliphatic carbocycles. The van der Waals surface area contributed by atoms with Gasteiger partial charge in [-0.3, -0.25) is 18.0 Å². The van der Waals surface area contributed by atoms with Gasteiger partial charge in [0.05, 0.1) is 20.8 Å². The molecule has 0 saturated carbocycles. The Labute approximate surface area is 339 Å². The average molecular weight is 726 g/mol. The van der Waals surface area contributed by atoms with Gasteiger partial charge in [-0.2, -0.15) is 0 Å². The average Bonchev–Trinajstić information content (AvgIpc) is 3.34. The van der Waals surface area contributed by atoms with Gasteiger partial charge >= 0.3 is 118 Å². The molecule has 19 nitrogen and oxygen atoms in total. The van der Waals surface area contributed by atoms with Crippen LogP contribution in [0.25, 0.3) is 11.2 Å². The molecule has 0 spiro atoms. The van der Waals surface area contributed by atoms with Crippen molar-refractivity contribution in [1.29, 1.82) is 0 Å². The Morgan fingerprint density at radius 2 is 1.58 bits per heavy atom. The van der Waals surface area contributed by atoms with Crippen molar-refractivity contribution in [2.75, 3.05) is 24.6 Å². The molecule has 0 bridgehead atoms. The number of fused-ring (bicyclic) bond motifs is 1. The van der Waals surface area contributed by atoms with Gasteiger partial charge in [0.15, 0.2) is 22.8 Å². The molecule has 27 heteroatoms. The number of aromatic nitrogens is 4. The van der Waals surface area contributed by atoms with Gasteiger partial charge < -0.3 is 55.1 Å². The van der Waals surface area contributed by atoms with E-state index in [-0.39, 0.29) is 135 Å². The van der Waals surface area contributed by atoms with Crippen molar-refractivity contribution in [3.63, 3.8) is 0 Å². The Balaban J connectivity index is 0. The van der Waals surface area contributed by atoms with Crippen LogP contribution in [0, 0.1) is 0 Å². The molecular weight excluding hydrogens is 701 g/mol. The molecule has 2 unspecified atom stereocenters. The van der Waals surface area contributed by atoms with Gasteiger partial charge in [-0.05, 0) is 19.4 Å². The minimum Gasteiger partial charge on any atom is -0.790 e. The van der Waals surface area contributed by atoms with Gasteiger partial charge in [-0.15, -0.1) is 0 Å². The minimum absolute atomic E-state index is 0. The molecule has 43 heavy (non-hydrogen) atoms. The molecule has 2 aromatic heterocycles. The zero-order valence-corrected chi connectivity index (χ0v) is 35.4. The predicted molar refractivity (Wildman–Crippen MR) is 125 cm³/mol. The van der Waals surface area contributed by atoms with Gasteiger partial charge in [-0.1, -0.05) is 24.6 Å². The molecule has 6 atom stereocenters. The first-order valence-electron chi connectivity index (χ1n) is 11.2. The van der Waals surface area contributed by atoms with Crippen molar-refractivity contribution < 1.29 is 180 Å². The Bertz CT molecular complexity index is 1300. The van der Waals surface area contributed by atoms with E-state index in [1.165, 1.54) is 22.7 Å². The molecule has 1 aliphatic rings. The van der Waals surface area contributed by atoms with Gasteiger partial charge in [0.2, 0.25) is 0 Å². The van der Waals surface area contributed by atoms with Gasteiger partial charge in [0.25, 0.3) is 15.6 Å². The maximum Gasteiger partial charge on any atom is 1.00 e. The second-order valence-corrected chi connectivity index (χ2v) is 13.4. The van der Waals surface area contributed by atoms with E-state index >= 15 is 0 Å². The van der Waals surface area contributed by atoms with Gasteiger partial charge in [0.1, 0.15) is 23.8 Å². The van der Waals surface area contributed by atoms with E-state index in [2.05, 4.69) is 28.1 Å². The van der Waals surface area contributed by atoms with Crippen molar-refractivity contribution in [1.82, 2.24) is 19.5 Å². The van der Waals surface area contributed by atoms with Gasteiger partial charge in [-0.25, -0.2) is 19.3 Å². The van der Waals surface area contributed by atoms with E-state index in [1.54, 1.807) is 0 Å². The normalized spacial score (nSPS) is 22.8. The van der Waals surface area contributed by atoms with E-state index < -0.39 is 54.6 Å². The number of imidazole rings is 1. The molecule has 0 aromatic carbocycles.